The molecular weight excluding hydrogens is 132 g/mol. The highest BCUT2D eigenvalue weighted by Crippen LogP contribution is 2.84. The van der Waals surface area contributed by atoms with Crippen LogP contribution >= 0.6 is 0 Å². The molecule has 0 heteroatoms. The van der Waals surface area contributed by atoms with Gasteiger partial charge < -0.3 is 0 Å². The Labute approximate surface area is 70.4 Å². The van der Waals surface area contributed by atoms with Gasteiger partial charge in [-0.05, 0) is 35.0 Å². The first-order chi connectivity index (χ1) is 4.94. The topological polar surface area (TPSA) is 0 Å². The third-order valence-corrected chi connectivity index (χ3v) is 4.99. The van der Waals surface area contributed by atoms with Gasteiger partial charge in [0.25, 0.3) is 0 Å². The summed E-state index contributed by atoms with van der Waals surface area (Å²) in [6.45, 7) is 12.2. The first kappa shape index (κ1) is 7.64. The van der Waals surface area contributed by atoms with Crippen molar-refractivity contribution < 1.29 is 0 Å². The van der Waals surface area contributed by atoms with Crippen molar-refractivity contribution in [2.45, 2.75) is 41.0 Å². The van der Waals surface area contributed by atoms with E-state index in [4.69, 9.17) is 0 Å². The van der Waals surface area contributed by atoms with Crippen LogP contribution in [0.15, 0.2) is 0 Å². The summed E-state index contributed by atoms with van der Waals surface area (Å²) in [5.41, 5.74) is 1.42. The van der Waals surface area contributed by atoms with Crippen molar-refractivity contribution in [2.24, 2.45) is 28.6 Å². The largest absolute Gasteiger partial charge is 0.0622 e. The Morgan fingerprint density at radius 1 is 1.27 bits per heavy atom. The molecule has 0 aromatic carbocycles. The van der Waals surface area contributed by atoms with Gasteiger partial charge in [-0.25, -0.2) is 0 Å². The Bertz CT molecular complexity index is 194. The van der Waals surface area contributed by atoms with Crippen molar-refractivity contribution in [1.82, 2.24) is 0 Å². The average molecular weight is 152 g/mol. The smallest absolute Gasteiger partial charge is 0.0210 e. The predicted molar refractivity (Wildman–Crippen MR) is 48.3 cm³/mol. The van der Waals surface area contributed by atoms with Crippen LogP contribution in [0.3, 0.4) is 0 Å². The lowest BCUT2D eigenvalue weighted by Crippen LogP contribution is -2.20. The molecule has 0 aliphatic heterocycles. The van der Waals surface area contributed by atoms with E-state index in [1.165, 1.54) is 6.42 Å². The number of hydrogen-bond acceptors (Lipinski definition) is 0. The standard InChI is InChI=1S/C11H20/c1-7(2)11(5)9-8(3)6-10(9,11)4/h7-9H,6H2,1-5H3. The van der Waals surface area contributed by atoms with Gasteiger partial charge in [0.1, 0.15) is 0 Å². The van der Waals surface area contributed by atoms with Crippen molar-refractivity contribution in [3.63, 3.8) is 0 Å². The van der Waals surface area contributed by atoms with Crippen LogP contribution in [0.2, 0.25) is 0 Å². The molecule has 0 heterocycles. The maximum Gasteiger partial charge on any atom is -0.0210 e. The minimum Gasteiger partial charge on any atom is -0.0622 e. The van der Waals surface area contributed by atoms with Gasteiger partial charge in [0.05, 0.1) is 0 Å². The molecule has 11 heavy (non-hydrogen) atoms. The lowest BCUT2D eigenvalue weighted by Gasteiger charge is -2.28. The monoisotopic (exact) mass is 152 g/mol. The van der Waals surface area contributed by atoms with Crippen LogP contribution in [0, 0.1) is 28.6 Å². The number of fused-ring (bicyclic) bond motifs is 1. The summed E-state index contributed by atoms with van der Waals surface area (Å²) >= 11 is 0. The molecule has 0 bridgehead atoms. The van der Waals surface area contributed by atoms with E-state index in [0.29, 0.717) is 5.41 Å². The molecule has 0 amide bonds. The fourth-order valence-electron chi connectivity index (χ4n) is 4.16. The van der Waals surface area contributed by atoms with Crippen molar-refractivity contribution >= 4 is 0 Å². The second-order valence-corrected chi connectivity index (χ2v) is 5.51. The lowest BCUT2D eigenvalue weighted by atomic mass is 9.77. The van der Waals surface area contributed by atoms with Crippen molar-refractivity contribution in [2.75, 3.05) is 0 Å². The number of rotatable bonds is 1. The van der Waals surface area contributed by atoms with Crippen LogP contribution in [-0.2, 0) is 0 Å². The third kappa shape index (κ3) is 0.554. The van der Waals surface area contributed by atoms with E-state index >= 15 is 0 Å². The Balaban J connectivity index is 2.22. The zero-order chi connectivity index (χ0) is 8.44. The van der Waals surface area contributed by atoms with Gasteiger partial charge in [-0.15, -0.1) is 0 Å². The van der Waals surface area contributed by atoms with E-state index < -0.39 is 0 Å². The van der Waals surface area contributed by atoms with Crippen LogP contribution in [0.25, 0.3) is 0 Å². The lowest BCUT2D eigenvalue weighted by molar-refractivity contribution is 0.211. The van der Waals surface area contributed by atoms with Gasteiger partial charge >= 0.3 is 0 Å². The molecule has 2 aliphatic rings. The molecule has 2 saturated carbocycles. The molecule has 0 aromatic heterocycles. The van der Waals surface area contributed by atoms with E-state index in [1.807, 2.05) is 0 Å². The minimum atomic E-state index is 0.687. The molecule has 0 N–H and O–H groups in total. The van der Waals surface area contributed by atoms with Gasteiger partial charge in [-0.3, -0.25) is 0 Å². The van der Waals surface area contributed by atoms with Gasteiger partial charge in [-0.1, -0.05) is 34.6 Å². The number of hydrogen-bond donors (Lipinski definition) is 0. The van der Waals surface area contributed by atoms with E-state index in [-0.39, 0.29) is 0 Å². The first-order valence-corrected chi connectivity index (χ1v) is 4.94. The molecule has 2 fully saturated rings. The summed E-state index contributed by atoms with van der Waals surface area (Å²) in [5.74, 6) is 2.94. The summed E-state index contributed by atoms with van der Waals surface area (Å²) in [7, 11) is 0. The van der Waals surface area contributed by atoms with E-state index in [0.717, 1.165) is 23.2 Å². The second kappa shape index (κ2) is 1.67. The van der Waals surface area contributed by atoms with Crippen LogP contribution in [-0.4, -0.2) is 0 Å². The molecule has 2 aliphatic carbocycles. The summed E-state index contributed by atoms with van der Waals surface area (Å²) < 4.78 is 0. The van der Waals surface area contributed by atoms with E-state index in [2.05, 4.69) is 34.6 Å². The minimum absolute atomic E-state index is 0.687. The Morgan fingerprint density at radius 2 is 1.82 bits per heavy atom. The third-order valence-electron chi connectivity index (χ3n) is 4.99. The quantitative estimate of drug-likeness (QED) is 0.540. The zero-order valence-corrected chi connectivity index (χ0v) is 8.44. The summed E-state index contributed by atoms with van der Waals surface area (Å²) in [6, 6.07) is 0. The summed E-state index contributed by atoms with van der Waals surface area (Å²) in [4.78, 5) is 0. The fourth-order valence-corrected chi connectivity index (χ4v) is 4.16. The van der Waals surface area contributed by atoms with Gasteiger partial charge in [0, 0.05) is 0 Å². The molecule has 4 atom stereocenters. The average Bonchev–Trinajstić information content (AvgIpc) is 2.24. The molecular formula is C11H20. The van der Waals surface area contributed by atoms with E-state index in [9.17, 15) is 0 Å². The Morgan fingerprint density at radius 3 is 1.91 bits per heavy atom. The van der Waals surface area contributed by atoms with Gasteiger partial charge in [0.15, 0.2) is 0 Å². The Hall–Kier alpha value is 0. The SMILES string of the molecule is CC1CC2(C)C1C2(C)C(C)C. The highest BCUT2D eigenvalue weighted by atomic mass is 14.8. The molecule has 0 nitrogen and oxygen atoms in total. The summed E-state index contributed by atoms with van der Waals surface area (Å²) in [5, 5.41) is 0. The van der Waals surface area contributed by atoms with Crippen LogP contribution < -0.4 is 0 Å². The predicted octanol–water partition coefficient (Wildman–Crippen LogP) is 3.32. The van der Waals surface area contributed by atoms with Crippen molar-refractivity contribution in [3.05, 3.63) is 0 Å². The molecule has 64 valence electrons. The molecule has 0 radical (unpaired) electrons. The highest BCUT2D eigenvalue weighted by molar-refractivity contribution is 5.26. The van der Waals surface area contributed by atoms with Crippen molar-refractivity contribution in [3.8, 4) is 0 Å². The second-order valence-electron chi connectivity index (χ2n) is 5.51. The summed E-state index contributed by atoms with van der Waals surface area (Å²) in [6.07, 6.45) is 1.48. The maximum absolute atomic E-state index is 2.49. The van der Waals surface area contributed by atoms with Crippen LogP contribution in [0.1, 0.15) is 41.0 Å². The van der Waals surface area contributed by atoms with Gasteiger partial charge in [-0.2, -0.15) is 0 Å². The first-order valence-electron chi connectivity index (χ1n) is 4.94. The zero-order valence-electron chi connectivity index (χ0n) is 8.44. The normalized spacial score (nSPS) is 60.5. The molecule has 2 rings (SSSR count). The molecule has 0 aromatic rings. The van der Waals surface area contributed by atoms with Crippen LogP contribution in [0.5, 0.6) is 0 Å². The van der Waals surface area contributed by atoms with Crippen LogP contribution in [0.4, 0.5) is 0 Å². The van der Waals surface area contributed by atoms with Crippen molar-refractivity contribution in [1.29, 1.82) is 0 Å². The van der Waals surface area contributed by atoms with E-state index in [1.54, 1.807) is 0 Å². The maximum atomic E-state index is 2.49. The molecule has 0 spiro atoms. The van der Waals surface area contributed by atoms with Gasteiger partial charge in [0.2, 0.25) is 0 Å². The fraction of sp³-hybridized carbons (Fsp3) is 1.00. The Kier molecular flexibility index (Phi) is 1.16. The molecule has 0 saturated heterocycles. The molecule has 4 unspecified atom stereocenters. The highest BCUT2D eigenvalue weighted by Gasteiger charge is 2.78.